The molecule has 2 aliphatic heterocycles. The van der Waals surface area contributed by atoms with E-state index in [4.69, 9.17) is 4.74 Å². The van der Waals surface area contributed by atoms with Crippen molar-refractivity contribution in [1.82, 2.24) is 10.2 Å². The largest absolute Gasteiger partial charge is 0.493 e. The molecule has 0 bridgehead atoms. The molecular formula is C16H23BrN2O. The maximum absolute atomic E-state index is 5.79. The third-order valence-electron chi connectivity index (χ3n) is 4.60. The number of nitrogens with zero attached hydrogens (tertiary/aromatic N) is 1. The van der Waals surface area contributed by atoms with Crippen LogP contribution in [0.3, 0.4) is 0 Å². The van der Waals surface area contributed by atoms with Gasteiger partial charge in [0.05, 0.1) is 6.61 Å². The molecular weight excluding hydrogens is 316 g/mol. The molecule has 0 spiro atoms. The standard InChI is InChI=1S/C16H23BrN2O/c1-16(6-7-18-10-16)11-19(2)14-5-8-20-15-4-3-12(17)9-13(14)15/h3-4,9,14,18H,5-8,10-11H2,1-2H3. The molecule has 3 rings (SSSR count). The molecule has 2 atom stereocenters. The van der Waals surface area contributed by atoms with Crippen molar-refractivity contribution in [1.29, 1.82) is 0 Å². The van der Waals surface area contributed by atoms with Gasteiger partial charge in [-0.3, -0.25) is 4.90 Å². The Labute approximate surface area is 129 Å². The van der Waals surface area contributed by atoms with E-state index in [0.29, 0.717) is 11.5 Å². The molecule has 0 amide bonds. The van der Waals surface area contributed by atoms with Gasteiger partial charge >= 0.3 is 0 Å². The Morgan fingerprint density at radius 1 is 1.50 bits per heavy atom. The number of hydrogen-bond donors (Lipinski definition) is 1. The average Bonchev–Trinajstić information content (AvgIpc) is 2.84. The number of ether oxygens (including phenoxy) is 1. The molecule has 1 N–H and O–H groups in total. The molecule has 1 aromatic rings. The molecule has 1 saturated heterocycles. The van der Waals surface area contributed by atoms with Crippen molar-refractivity contribution in [2.75, 3.05) is 33.3 Å². The maximum atomic E-state index is 5.79. The lowest BCUT2D eigenvalue weighted by molar-refractivity contribution is 0.122. The molecule has 0 aliphatic carbocycles. The van der Waals surface area contributed by atoms with E-state index < -0.39 is 0 Å². The Balaban J connectivity index is 1.79. The molecule has 2 unspecified atom stereocenters. The first kappa shape index (κ1) is 14.4. The quantitative estimate of drug-likeness (QED) is 0.915. The van der Waals surface area contributed by atoms with E-state index in [1.807, 2.05) is 0 Å². The van der Waals surface area contributed by atoms with Gasteiger partial charge < -0.3 is 10.1 Å². The van der Waals surface area contributed by atoms with Crippen LogP contribution in [0, 0.1) is 5.41 Å². The van der Waals surface area contributed by atoms with Gasteiger partial charge in [0, 0.05) is 35.6 Å². The van der Waals surface area contributed by atoms with Gasteiger partial charge in [0.2, 0.25) is 0 Å². The number of benzene rings is 1. The Bertz CT molecular complexity index is 485. The molecule has 0 radical (unpaired) electrons. The molecule has 0 saturated carbocycles. The molecule has 4 heteroatoms. The van der Waals surface area contributed by atoms with Gasteiger partial charge in [0.25, 0.3) is 0 Å². The van der Waals surface area contributed by atoms with E-state index in [1.54, 1.807) is 0 Å². The summed E-state index contributed by atoms with van der Waals surface area (Å²) in [6.45, 7) is 6.63. The first-order chi connectivity index (χ1) is 9.57. The average molecular weight is 339 g/mol. The van der Waals surface area contributed by atoms with Crippen LogP contribution in [0.2, 0.25) is 0 Å². The highest BCUT2D eigenvalue weighted by molar-refractivity contribution is 9.10. The van der Waals surface area contributed by atoms with Crippen LogP contribution in [-0.2, 0) is 0 Å². The van der Waals surface area contributed by atoms with Gasteiger partial charge in [0.15, 0.2) is 0 Å². The lowest BCUT2D eigenvalue weighted by Gasteiger charge is -2.37. The van der Waals surface area contributed by atoms with E-state index >= 15 is 0 Å². The van der Waals surface area contributed by atoms with Crippen molar-refractivity contribution in [3.05, 3.63) is 28.2 Å². The van der Waals surface area contributed by atoms with Crippen molar-refractivity contribution < 1.29 is 4.74 Å². The van der Waals surface area contributed by atoms with E-state index in [2.05, 4.69) is 58.3 Å². The van der Waals surface area contributed by atoms with E-state index in [1.165, 1.54) is 12.0 Å². The maximum Gasteiger partial charge on any atom is 0.124 e. The van der Waals surface area contributed by atoms with Crippen LogP contribution in [-0.4, -0.2) is 38.2 Å². The predicted octanol–water partition coefficient (Wildman–Crippen LogP) is 3.20. The minimum Gasteiger partial charge on any atom is -0.493 e. The summed E-state index contributed by atoms with van der Waals surface area (Å²) < 4.78 is 6.93. The molecule has 1 fully saturated rings. The highest BCUT2D eigenvalue weighted by atomic mass is 79.9. The summed E-state index contributed by atoms with van der Waals surface area (Å²) in [5.41, 5.74) is 1.72. The zero-order valence-corrected chi connectivity index (χ0v) is 13.9. The van der Waals surface area contributed by atoms with Crippen LogP contribution >= 0.6 is 15.9 Å². The summed E-state index contributed by atoms with van der Waals surface area (Å²) in [5.74, 6) is 1.05. The molecule has 110 valence electrons. The van der Waals surface area contributed by atoms with Crippen LogP contribution in [0.15, 0.2) is 22.7 Å². The fourth-order valence-corrected chi connectivity index (χ4v) is 3.90. The number of rotatable bonds is 3. The summed E-state index contributed by atoms with van der Waals surface area (Å²) in [6, 6.07) is 6.82. The molecule has 1 aromatic carbocycles. The normalized spacial score (nSPS) is 29.3. The lowest BCUT2D eigenvalue weighted by atomic mass is 9.88. The van der Waals surface area contributed by atoms with Gasteiger partial charge in [-0.15, -0.1) is 0 Å². The molecule has 3 nitrogen and oxygen atoms in total. The highest BCUT2D eigenvalue weighted by Gasteiger charge is 2.33. The van der Waals surface area contributed by atoms with E-state index in [9.17, 15) is 0 Å². The fraction of sp³-hybridized carbons (Fsp3) is 0.625. The Hall–Kier alpha value is -0.580. The number of halogens is 1. The number of hydrogen-bond acceptors (Lipinski definition) is 3. The fourth-order valence-electron chi connectivity index (χ4n) is 3.52. The second-order valence-electron chi connectivity index (χ2n) is 6.49. The van der Waals surface area contributed by atoms with E-state index in [-0.39, 0.29) is 0 Å². The van der Waals surface area contributed by atoms with E-state index in [0.717, 1.165) is 42.9 Å². The molecule has 2 aliphatic rings. The summed E-state index contributed by atoms with van der Waals surface area (Å²) in [7, 11) is 2.25. The van der Waals surface area contributed by atoms with Gasteiger partial charge in [-0.05, 0) is 43.6 Å². The lowest BCUT2D eigenvalue weighted by Crippen LogP contribution is -2.38. The van der Waals surface area contributed by atoms with Crippen molar-refractivity contribution in [3.8, 4) is 5.75 Å². The van der Waals surface area contributed by atoms with Crippen LogP contribution in [0.4, 0.5) is 0 Å². The predicted molar refractivity (Wildman–Crippen MR) is 85.2 cm³/mol. The third-order valence-corrected chi connectivity index (χ3v) is 5.09. The van der Waals surface area contributed by atoms with Gasteiger partial charge in [-0.25, -0.2) is 0 Å². The second-order valence-corrected chi connectivity index (χ2v) is 7.40. The topological polar surface area (TPSA) is 24.5 Å². The molecule has 2 heterocycles. The summed E-state index contributed by atoms with van der Waals surface area (Å²) in [6.07, 6.45) is 2.34. The number of nitrogens with one attached hydrogen (secondary N) is 1. The van der Waals surface area contributed by atoms with Crippen LogP contribution < -0.4 is 10.1 Å². The zero-order chi connectivity index (χ0) is 14.2. The Kier molecular flexibility index (Phi) is 4.07. The first-order valence-corrected chi connectivity index (χ1v) is 8.20. The van der Waals surface area contributed by atoms with Crippen molar-refractivity contribution in [3.63, 3.8) is 0 Å². The van der Waals surface area contributed by atoms with Gasteiger partial charge in [0.1, 0.15) is 5.75 Å². The van der Waals surface area contributed by atoms with Crippen molar-refractivity contribution in [2.45, 2.75) is 25.8 Å². The van der Waals surface area contributed by atoms with Crippen molar-refractivity contribution >= 4 is 15.9 Å². The zero-order valence-electron chi connectivity index (χ0n) is 12.3. The summed E-state index contributed by atoms with van der Waals surface area (Å²) in [4.78, 5) is 2.51. The monoisotopic (exact) mass is 338 g/mol. The smallest absolute Gasteiger partial charge is 0.124 e. The van der Waals surface area contributed by atoms with Crippen LogP contribution in [0.25, 0.3) is 0 Å². The van der Waals surface area contributed by atoms with Gasteiger partial charge in [-0.1, -0.05) is 22.9 Å². The third kappa shape index (κ3) is 2.87. The van der Waals surface area contributed by atoms with Crippen LogP contribution in [0.1, 0.15) is 31.4 Å². The summed E-state index contributed by atoms with van der Waals surface area (Å²) >= 11 is 3.58. The Morgan fingerprint density at radius 3 is 3.10 bits per heavy atom. The Morgan fingerprint density at radius 2 is 2.35 bits per heavy atom. The minimum absolute atomic E-state index is 0.402. The number of fused-ring (bicyclic) bond motifs is 1. The van der Waals surface area contributed by atoms with Crippen LogP contribution in [0.5, 0.6) is 5.75 Å². The summed E-state index contributed by atoms with van der Waals surface area (Å²) in [5, 5.41) is 3.49. The first-order valence-electron chi connectivity index (χ1n) is 7.41. The minimum atomic E-state index is 0.402. The SMILES string of the molecule is CN(CC1(C)CCNC1)C1CCOc2ccc(Br)cc21. The molecule has 0 aromatic heterocycles. The molecule has 20 heavy (non-hydrogen) atoms. The van der Waals surface area contributed by atoms with Crippen molar-refractivity contribution in [2.24, 2.45) is 5.41 Å². The highest BCUT2D eigenvalue weighted by Crippen LogP contribution is 2.38. The van der Waals surface area contributed by atoms with Gasteiger partial charge in [-0.2, -0.15) is 0 Å². The second kappa shape index (κ2) is 5.66.